The fourth-order valence-electron chi connectivity index (χ4n) is 2.53. The first-order valence-electron chi connectivity index (χ1n) is 4.89. The van der Waals surface area contributed by atoms with Gasteiger partial charge in [0.25, 0.3) is 0 Å². The Hall–Kier alpha value is -1.10. The zero-order valence-electron chi connectivity index (χ0n) is 7.62. The molecule has 0 N–H and O–H groups in total. The number of fused-ring (bicyclic) bond motifs is 1. The summed E-state index contributed by atoms with van der Waals surface area (Å²) in [5.74, 6) is 0.472. The van der Waals surface area contributed by atoms with E-state index in [9.17, 15) is 4.79 Å². The molecule has 2 nitrogen and oxygen atoms in total. The fourth-order valence-corrected chi connectivity index (χ4v) is 2.53. The maximum atomic E-state index is 11.7. The Morgan fingerprint density at radius 3 is 3.08 bits per heavy atom. The maximum absolute atomic E-state index is 11.7. The molecule has 0 aromatic rings. The minimum Gasteiger partial charge on any atom is -0.298 e. The molecule has 0 heterocycles. The third-order valence-electron chi connectivity index (χ3n) is 3.38. The van der Waals surface area contributed by atoms with E-state index in [2.05, 4.69) is 12.1 Å². The Morgan fingerprint density at radius 2 is 2.38 bits per heavy atom. The number of carbonyl (C=O) groups is 1. The highest BCUT2D eigenvalue weighted by Gasteiger charge is 2.47. The van der Waals surface area contributed by atoms with Crippen LogP contribution in [-0.4, -0.2) is 5.78 Å². The van der Waals surface area contributed by atoms with Crippen LogP contribution in [0.3, 0.4) is 0 Å². The van der Waals surface area contributed by atoms with Gasteiger partial charge >= 0.3 is 0 Å². The molecule has 0 aromatic carbocycles. The van der Waals surface area contributed by atoms with Crippen LogP contribution in [0.1, 0.15) is 32.1 Å². The predicted molar refractivity (Wildman–Crippen MR) is 48.8 cm³/mol. The summed E-state index contributed by atoms with van der Waals surface area (Å²) in [6.45, 7) is 0. The molecule has 13 heavy (non-hydrogen) atoms. The van der Waals surface area contributed by atoms with E-state index in [1.54, 1.807) is 0 Å². The van der Waals surface area contributed by atoms with Crippen LogP contribution in [0.25, 0.3) is 0 Å². The number of rotatable bonds is 0. The molecule has 1 fully saturated rings. The van der Waals surface area contributed by atoms with Crippen molar-refractivity contribution in [1.29, 1.82) is 5.26 Å². The van der Waals surface area contributed by atoms with E-state index < -0.39 is 5.41 Å². The lowest BCUT2D eigenvalue weighted by molar-refractivity contribution is -0.131. The molecule has 0 amide bonds. The van der Waals surface area contributed by atoms with Gasteiger partial charge in [0, 0.05) is 6.42 Å². The van der Waals surface area contributed by atoms with Crippen LogP contribution >= 0.6 is 0 Å². The molecule has 2 heteroatoms. The topological polar surface area (TPSA) is 40.9 Å². The van der Waals surface area contributed by atoms with Crippen LogP contribution in [0.5, 0.6) is 0 Å². The minimum atomic E-state index is -0.646. The minimum absolute atomic E-state index is 0.176. The third-order valence-corrected chi connectivity index (χ3v) is 3.38. The van der Waals surface area contributed by atoms with Crippen molar-refractivity contribution in [2.75, 3.05) is 0 Å². The summed E-state index contributed by atoms with van der Waals surface area (Å²) in [4.78, 5) is 11.7. The van der Waals surface area contributed by atoms with Crippen molar-refractivity contribution >= 4 is 5.78 Å². The van der Waals surface area contributed by atoms with Crippen LogP contribution in [0.2, 0.25) is 0 Å². The van der Waals surface area contributed by atoms with E-state index in [0.717, 1.165) is 19.3 Å². The molecule has 2 rings (SSSR count). The Labute approximate surface area is 78.2 Å². The first-order chi connectivity index (χ1) is 6.29. The monoisotopic (exact) mass is 175 g/mol. The molecule has 2 aliphatic rings. The predicted octanol–water partition coefficient (Wildman–Crippen LogP) is 2.22. The van der Waals surface area contributed by atoms with E-state index >= 15 is 0 Å². The van der Waals surface area contributed by atoms with Crippen molar-refractivity contribution in [1.82, 2.24) is 0 Å². The number of hydrogen-bond acceptors (Lipinski definition) is 2. The quantitative estimate of drug-likeness (QED) is 0.529. The van der Waals surface area contributed by atoms with E-state index in [0.29, 0.717) is 18.8 Å². The summed E-state index contributed by atoms with van der Waals surface area (Å²) < 4.78 is 0. The third kappa shape index (κ3) is 1.11. The number of nitrogens with zero attached hydrogens (tertiary/aromatic N) is 1. The van der Waals surface area contributed by atoms with Crippen molar-refractivity contribution in [2.45, 2.75) is 32.1 Å². The van der Waals surface area contributed by atoms with Crippen LogP contribution in [0, 0.1) is 22.7 Å². The smallest absolute Gasteiger partial charge is 0.153 e. The van der Waals surface area contributed by atoms with Crippen molar-refractivity contribution in [3.8, 4) is 6.07 Å². The molecule has 0 bridgehead atoms. The zero-order valence-corrected chi connectivity index (χ0v) is 7.62. The van der Waals surface area contributed by atoms with Gasteiger partial charge in [-0.25, -0.2) is 0 Å². The molecular formula is C11H13NO. The second kappa shape index (κ2) is 2.99. The van der Waals surface area contributed by atoms with Gasteiger partial charge in [-0.15, -0.1) is 0 Å². The maximum Gasteiger partial charge on any atom is 0.153 e. The van der Waals surface area contributed by atoms with Crippen LogP contribution in [0.4, 0.5) is 0 Å². The van der Waals surface area contributed by atoms with Crippen LogP contribution in [-0.2, 0) is 4.79 Å². The molecule has 1 saturated carbocycles. The number of Topliss-reactive ketones (excluding diaryl/α,β-unsaturated/α-hetero) is 1. The Balaban J connectivity index is 2.37. The van der Waals surface area contributed by atoms with Crippen molar-refractivity contribution in [2.24, 2.45) is 11.3 Å². The summed E-state index contributed by atoms with van der Waals surface area (Å²) in [7, 11) is 0. The first kappa shape index (κ1) is 8.50. The lowest BCUT2D eigenvalue weighted by Gasteiger charge is -2.38. The summed E-state index contributed by atoms with van der Waals surface area (Å²) in [6, 6.07) is 2.27. The molecule has 68 valence electrons. The van der Waals surface area contributed by atoms with Gasteiger partial charge in [-0.05, 0) is 31.6 Å². The second-order valence-corrected chi connectivity index (χ2v) is 4.01. The molecule has 0 saturated heterocycles. The highest BCUT2D eigenvalue weighted by atomic mass is 16.1. The lowest BCUT2D eigenvalue weighted by Crippen LogP contribution is -2.41. The zero-order chi connectivity index (χ0) is 9.31. The molecule has 2 aliphatic carbocycles. The standard InChI is InChI=1S/C11H13NO/c12-8-11-7-2-1-4-9(11)5-3-6-10(11)13/h1-2,9H,3-7H2/t9-,11+/m1/s1. The summed E-state index contributed by atoms with van der Waals surface area (Å²) in [5, 5.41) is 9.14. The fraction of sp³-hybridized carbons (Fsp3) is 0.636. The normalized spacial score (nSPS) is 38.1. The number of ketones is 1. The Kier molecular flexibility index (Phi) is 1.95. The summed E-state index contributed by atoms with van der Waals surface area (Å²) >= 11 is 0. The highest BCUT2D eigenvalue weighted by Crippen LogP contribution is 2.45. The number of allylic oxidation sites excluding steroid dienone is 2. The molecular weight excluding hydrogens is 162 g/mol. The molecule has 0 spiro atoms. The molecule has 0 aromatic heterocycles. The lowest BCUT2D eigenvalue weighted by atomic mass is 9.61. The van der Waals surface area contributed by atoms with E-state index in [4.69, 9.17) is 5.26 Å². The number of carbonyl (C=O) groups excluding carboxylic acids is 1. The van der Waals surface area contributed by atoms with E-state index in [-0.39, 0.29) is 5.78 Å². The molecule has 0 radical (unpaired) electrons. The summed E-state index contributed by atoms with van der Waals surface area (Å²) in [6.07, 6.45) is 8.29. The van der Waals surface area contributed by atoms with Gasteiger partial charge in [-0.3, -0.25) is 4.79 Å². The molecule has 0 aliphatic heterocycles. The van der Waals surface area contributed by atoms with Crippen LogP contribution < -0.4 is 0 Å². The number of nitriles is 1. The second-order valence-electron chi connectivity index (χ2n) is 4.01. The highest BCUT2D eigenvalue weighted by molar-refractivity contribution is 5.89. The first-order valence-corrected chi connectivity index (χ1v) is 4.89. The summed E-state index contributed by atoms with van der Waals surface area (Å²) in [5.41, 5.74) is -0.646. The average Bonchev–Trinajstić information content (AvgIpc) is 2.19. The SMILES string of the molecule is N#C[C@@]12CC=CC[C@@H]1CCCC2=O. The van der Waals surface area contributed by atoms with E-state index in [1.165, 1.54) is 0 Å². The Bertz CT molecular complexity index is 300. The van der Waals surface area contributed by atoms with Gasteiger partial charge in [-0.2, -0.15) is 5.26 Å². The van der Waals surface area contributed by atoms with Gasteiger partial charge in [0.15, 0.2) is 5.78 Å². The van der Waals surface area contributed by atoms with Gasteiger partial charge in [0.1, 0.15) is 5.41 Å². The van der Waals surface area contributed by atoms with Crippen molar-refractivity contribution in [3.05, 3.63) is 12.2 Å². The van der Waals surface area contributed by atoms with Gasteiger partial charge in [0.2, 0.25) is 0 Å². The average molecular weight is 175 g/mol. The molecule has 0 unspecified atom stereocenters. The van der Waals surface area contributed by atoms with Crippen LogP contribution in [0.15, 0.2) is 12.2 Å². The molecule has 2 atom stereocenters. The van der Waals surface area contributed by atoms with Gasteiger partial charge < -0.3 is 0 Å². The van der Waals surface area contributed by atoms with Crippen molar-refractivity contribution < 1.29 is 4.79 Å². The van der Waals surface area contributed by atoms with E-state index in [1.807, 2.05) is 6.08 Å². The largest absolute Gasteiger partial charge is 0.298 e. The number of hydrogen-bond donors (Lipinski definition) is 0. The van der Waals surface area contributed by atoms with Crippen molar-refractivity contribution in [3.63, 3.8) is 0 Å². The van der Waals surface area contributed by atoms with Gasteiger partial charge in [-0.1, -0.05) is 12.2 Å². The Morgan fingerprint density at radius 1 is 1.54 bits per heavy atom. The van der Waals surface area contributed by atoms with Gasteiger partial charge in [0.05, 0.1) is 6.07 Å².